The summed E-state index contributed by atoms with van der Waals surface area (Å²) in [6.45, 7) is 3.56. The third-order valence-corrected chi connectivity index (χ3v) is 4.55. The van der Waals surface area contributed by atoms with Gasteiger partial charge in [0.1, 0.15) is 23.7 Å². The Bertz CT molecular complexity index is 930. The number of aryl methyl sites for hydroxylation is 1. The first-order chi connectivity index (χ1) is 13.6. The Kier molecular flexibility index (Phi) is 6.71. The maximum atomic E-state index is 13.1. The molecule has 5 nitrogen and oxygen atoms in total. The highest BCUT2D eigenvalue weighted by molar-refractivity contribution is 6.13. The Morgan fingerprint density at radius 1 is 1.14 bits per heavy atom. The highest BCUT2D eigenvalue weighted by Crippen LogP contribution is 2.28. The molecule has 0 aliphatic carbocycles. The van der Waals surface area contributed by atoms with E-state index in [9.17, 15) is 4.79 Å². The van der Waals surface area contributed by atoms with E-state index in [-0.39, 0.29) is 5.91 Å². The van der Waals surface area contributed by atoms with Gasteiger partial charge in [0.2, 0.25) is 0 Å². The molecule has 0 aliphatic heterocycles. The Labute approximate surface area is 166 Å². The van der Waals surface area contributed by atoms with Gasteiger partial charge in [0.15, 0.2) is 0 Å². The fourth-order valence-electron chi connectivity index (χ4n) is 3.06. The van der Waals surface area contributed by atoms with E-state index < -0.39 is 0 Å². The van der Waals surface area contributed by atoms with Crippen molar-refractivity contribution >= 4 is 22.6 Å². The molecule has 0 aliphatic rings. The number of rotatable bonds is 9. The number of hydrogen-bond donors (Lipinski definition) is 1. The van der Waals surface area contributed by atoms with Gasteiger partial charge in [-0.3, -0.25) is 4.79 Å². The van der Waals surface area contributed by atoms with Crippen molar-refractivity contribution in [2.24, 2.45) is 0 Å². The van der Waals surface area contributed by atoms with Crippen LogP contribution in [0.15, 0.2) is 52.9 Å². The van der Waals surface area contributed by atoms with Crippen molar-refractivity contribution in [2.75, 3.05) is 32.6 Å². The molecule has 0 fully saturated rings. The van der Waals surface area contributed by atoms with Crippen LogP contribution in [0.5, 0.6) is 5.75 Å². The lowest BCUT2D eigenvalue weighted by Gasteiger charge is -2.12. The number of fused-ring (bicyclic) bond motifs is 1. The molecule has 1 aromatic heterocycles. The summed E-state index contributed by atoms with van der Waals surface area (Å²) in [6.07, 6.45) is 2.78. The summed E-state index contributed by atoms with van der Waals surface area (Å²) < 4.78 is 11.7. The third kappa shape index (κ3) is 4.93. The topological polar surface area (TPSA) is 54.7 Å². The van der Waals surface area contributed by atoms with E-state index in [0.717, 1.165) is 48.3 Å². The Morgan fingerprint density at radius 3 is 2.75 bits per heavy atom. The zero-order valence-corrected chi connectivity index (χ0v) is 16.8. The zero-order valence-electron chi connectivity index (χ0n) is 16.8. The van der Waals surface area contributed by atoms with Gasteiger partial charge in [-0.15, -0.1) is 0 Å². The monoisotopic (exact) mass is 380 g/mol. The normalized spacial score (nSPS) is 11.1. The summed E-state index contributed by atoms with van der Waals surface area (Å²) in [5.74, 6) is 1.34. The zero-order chi connectivity index (χ0) is 19.9. The van der Waals surface area contributed by atoms with Gasteiger partial charge in [0.25, 0.3) is 5.91 Å². The van der Waals surface area contributed by atoms with Gasteiger partial charge < -0.3 is 19.4 Å². The molecule has 1 N–H and O–H groups in total. The first kappa shape index (κ1) is 20.0. The smallest absolute Gasteiger partial charge is 0.259 e. The van der Waals surface area contributed by atoms with Crippen molar-refractivity contribution in [3.05, 3.63) is 59.9 Å². The number of amides is 1. The number of ether oxygens (including phenoxy) is 1. The van der Waals surface area contributed by atoms with E-state index in [0.29, 0.717) is 17.9 Å². The van der Waals surface area contributed by atoms with Crippen LogP contribution >= 0.6 is 0 Å². The van der Waals surface area contributed by atoms with Crippen LogP contribution in [0, 0.1) is 0 Å². The Balaban J connectivity index is 1.79. The largest absolute Gasteiger partial charge is 0.492 e. The number of carbonyl (C=O) groups excluding carboxylic acids is 1. The molecule has 2 aromatic carbocycles. The second-order valence-electron chi connectivity index (χ2n) is 7.13. The SMILES string of the molecule is CCCCc1oc2ccccc2c1C(=O)Nc1cccc(OCCN(C)C)c1. The van der Waals surface area contributed by atoms with E-state index >= 15 is 0 Å². The minimum absolute atomic E-state index is 0.151. The average Bonchev–Trinajstić information content (AvgIpc) is 3.04. The predicted octanol–water partition coefficient (Wildman–Crippen LogP) is 4.97. The highest BCUT2D eigenvalue weighted by atomic mass is 16.5. The number of benzene rings is 2. The van der Waals surface area contributed by atoms with Crippen LogP contribution in [0.2, 0.25) is 0 Å². The Morgan fingerprint density at radius 2 is 1.96 bits per heavy atom. The molecular formula is C23H28N2O3. The molecule has 0 spiro atoms. The van der Waals surface area contributed by atoms with E-state index in [1.807, 2.05) is 62.6 Å². The molecule has 0 bridgehead atoms. The number of hydrogen-bond acceptors (Lipinski definition) is 4. The number of carbonyl (C=O) groups is 1. The number of likely N-dealkylation sites (N-methyl/N-ethyl adjacent to an activating group) is 1. The van der Waals surface area contributed by atoms with Gasteiger partial charge in [-0.05, 0) is 38.7 Å². The number of unbranched alkanes of at least 4 members (excludes halogenated alkanes) is 1. The lowest BCUT2D eigenvalue weighted by Crippen LogP contribution is -2.19. The minimum Gasteiger partial charge on any atom is -0.492 e. The molecule has 1 amide bonds. The van der Waals surface area contributed by atoms with Crippen molar-refractivity contribution in [3.63, 3.8) is 0 Å². The maximum absolute atomic E-state index is 13.1. The van der Waals surface area contributed by atoms with E-state index in [2.05, 4.69) is 17.1 Å². The first-order valence-electron chi connectivity index (χ1n) is 9.78. The van der Waals surface area contributed by atoms with E-state index in [1.165, 1.54) is 0 Å². The molecule has 148 valence electrons. The lowest BCUT2D eigenvalue weighted by molar-refractivity contribution is 0.102. The fourth-order valence-corrected chi connectivity index (χ4v) is 3.06. The molecule has 5 heteroatoms. The quantitative estimate of drug-likeness (QED) is 0.569. The van der Waals surface area contributed by atoms with Gasteiger partial charge in [0, 0.05) is 30.1 Å². The van der Waals surface area contributed by atoms with Crippen LogP contribution in [0.1, 0.15) is 35.9 Å². The van der Waals surface area contributed by atoms with Crippen LogP contribution in [-0.4, -0.2) is 38.1 Å². The molecule has 0 saturated carbocycles. The van der Waals surface area contributed by atoms with Crippen molar-refractivity contribution in [3.8, 4) is 5.75 Å². The first-order valence-corrected chi connectivity index (χ1v) is 9.78. The van der Waals surface area contributed by atoms with Crippen LogP contribution in [0.3, 0.4) is 0 Å². The van der Waals surface area contributed by atoms with Gasteiger partial charge in [-0.2, -0.15) is 0 Å². The summed E-state index contributed by atoms with van der Waals surface area (Å²) in [4.78, 5) is 15.1. The van der Waals surface area contributed by atoms with E-state index in [1.54, 1.807) is 0 Å². The molecule has 3 rings (SSSR count). The lowest BCUT2D eigenvalue weighted by atomic mass is 10.1. The molecular weight excluding hydrogens is 352 g/mol. The molecule has 28 heavy (non-hydrogen) atoms. The van der Waals surface area contributed by atoms with Gasteiger partial charge in [0.05, 0.1) is 5.56 Å². The molecule has 0 radical (unpaired) electrons. The maximum Gasteiger partial charge on any atom is 0.259 e. The second-order valence-corrected chi connectivity index (χ2v) is 7.13. The fraction of sp³-hybridized carbons (Fsp3) is 0.348. The summed E-state index contributed by atoms with van der Waals surface area (Å²) in [7, 11) is 4.01. The second kappa shape index (κ2) is 9.42. The summed E-state index contributed by atoms with van der Waals surface area (Å²) in [5.41, 5.74) is 2.08. The van der Waals surface area contributed by atoms with Crippen LogP contribution < -0.4 is 10.1 Å². The summed E-state index contributed by atoms with van der Waals surface area (Å²) in [6, 6.07) is 15.2. The average molecular weight is 380 g/mol. The van der Waals surface area contributed by atoms with Crippen molar-refractivity contribution in [1.82, 2.24) is 4.90 Å². The minimum atomic E-state index is -0.151. The number of para-hydroxylation sites is 1. The van der Waals surface area contributed by atoms with Gasteiger partial charge >= 0.3 is 0 Å². The molecule has 1 heterocycles. The predicted molar refractivity (Wildman–Crippen MR) is 113 cm³/mol. The molecule has 0 saturated heterocycles. The van der Waals surface area contributed by atoms with Crippen molar-refractivity contribution in [2.45, 2.75) is 26.2 Å². The Hall–Kier alpha value is -2.79. The van der Waals surface area contributed by atoms with Crippen molar-refractivity contribution < 1.29 is 13.9 Å². The van der Waals surface area contributed by atoms with Crippen molar-refractivity contribution in [1.29, 1.82) is 0 Å². The number of anilines is 1. The summed E-state index contributed by atoms with van der Waals surface area (Å²) >= 11 is 0. The van der Waals surface area contributed by atoms with Gasteiger partial charge in [-0.25, -0.2) is 0 Å². The highest BCUT2D eigenvalue weighted by Gasteiger charge is 2.20. The number of nitrogens with zero attached hydrogens (tertiary/aromatic N) is 1. The van der Waals surface area contributed by atoms with Crippen LogP contribution in [0.25, 0.3) is 11.0 Å². The van der Waals surface area contributed by atoms with Crippen LogP contribution in [-0.2, 0) is 6.42 Å². The number of nitrogens with one attached hydrogen (secondary N) is 1. The third-order valence-electron chi connectivity index (χ3n) is 4.55. The van der Waals surface area contributed by atoms with Crippen LogP contribution in [0.4, 0.5) is 5.69 Å². The summed E-state index contributed by atoms with van der Waals surface area (Å²) in [5, 5.41) is 3.85. The molecule has 3 aromatic rings. The molecule has 0 unspecified atom stereocenters. The van der Waals surface area contributed by atoms with E-state index in [4.69, 9.17) is 9.15 Å². The standard InChI is InChI=1S/C23H28N2O3/c1-4-5-12-21-22(19-11-6-7-13-20(19)28-21)23(26)24-17-9-8-10-18(16-17)27-15-14-25(2)3/h6-11,13,16H,4-5,12,14-15H2,1-3H3,(H,24,26). The molecule has 0 atom stereocenters. The van der Waals surface area contributed by atoms with Gasteiger partial charge in [-0.1, -0.05) is 37.6 Å². The number of furan rings is 1.